The van der Waals surface area contributed by atoms with Gasteiger partial charge in [0.15, 0.2) is 5.78 Å². The number of hydrogen-bond acceptors (Lipinski definition) is 3. The first-order chi connectivity index (χ1) is 10.1. The van der Waals surface area contributed by atoms with Crippen LogP contribution in [0.1, 0.15) is 41.6 Å². The number of rotatable bonds is 2. The molecule has 0 aliphatic carbocycles. The van der Waals surface area contributed by atoms with E-state index >= 15 is 0 Å². The zero-order chi connectivity index (χ0) is 14.9. The van der Waals surface area contributed by atoms with Crippen LogP contribution in [0.25, 0.3) is 0 Å². The smallest absolute Gasteiger partial charge is 0.169 e. The fourth-order valence-corrected chi connectivity index (χ4v) is 3.38. The van der Waals surface area contributed by atoms with Crippen LogP contribution in [0, 0.1) is 18.7 Å². The summed E-state index contributed by atoms with van der Waals surface area (Å²) in [5.74, 6) is -0.636. The summed E-state index contributed by atoms with van der Waals surface area (Å²) in [6.45, 7) is 3.76. The molecular weight excluding hydrogens is 271 g/mol. The summed E-state index contributed by atoms with van der Waals surface area (Å²) in [4.78, 5) is 12.6. The van der Waals surface area contributed by atoms with Gasteiger partial charge in [-0.25, -0.2) is 4.39 Å². The topological polar surface area (TPSA) is 35.5 Å². The second kappa shape index (κ2) is 5.85. The molecule has 0 N–H and O–H groups in total. The Balaban J connectivity index is 1.77. The number of benzene rings is 1. The third-order valence-corrected chi connectivity index (χ3v) is 4.66. The first kappa shape index (κ1) is 14.7. The molecule has 1 aromatic carbocycles. The van der Waals surface area contributed by atoms with Gasteiger partial charge >= 0.3 is 0 Å². The Hall–Kier alpha value is -1.26. The van der Waals surface area contributed by atoms with E-state index in [1.165, 1.54) is 6.07 Å². The number of hydrogen-bond donors (Lipinski definition) is 0. The Kier molecular flexibility index (Phi) is 4.09. The summed E-state index contributed by atoms with van der Waals surface area (Å²) in [7, 11) is 0. The van der Waals surface area contributed by atoms with E-state index in [-0.39, 0.29) is 22.9 Å². The van der Waals surface area contributed by atoms with Gasteiger partial charge < -0.3 is 9.47 Å². The molecular formula is C17H21FO3. The average molecular weight is 292 g/mol. The van der Waals surface area contributed by atoms with E-state index in [0.717, 1.165) is 18.4 Å². The standard InChI is InChI=1S/C17H21FO3/c1-12-2-3-14(15(18)10-12)16(19)13-4-7-21-17(11-13)5-8-20-9-6-17/h2-3,10,13H,4-9,11H2,1H3. The summed E-state index contributed by atoms with van der Waals surface area (Å²) in [6.07, 6.45) is 3.01. The lowest BCUT2D eigenvalue weighted by atomic mass is 9.78. The second-order valence-corrected chi connectivity index (χ2v) is 6.18. The van der Waals surface area contributed by atoms with Gasteiger partial charge in [-0.15, -0.1) is 0 Å². The molecule has 1 atom stereocenters. The monoisotopic (exact) mass is 292 g/mol. The maximum absolute atomic E-state index is 14.0. The van der Waals surface area contributed by atoms with Gasteiger partial charge in [-0.2, -0.15) is 0 Å². The van der Waals surface area contributed by atoms with Crippen LogP contribution in [0.15, 0.2) is 18.2 Å². The molecule has 2 aliphatic rings. The van der Waals surface area contributed by atoms with Crippen LogP contribution in [0.2, 0.25) is 0 Å². The summed E-state index contributed by atoms with van der Waals surface area (Å²) < 4.78 is 25.3. The van der Waals surface area contributed by atoms with E-state index in [0.29, 0.717) is 32.7 Å². The number of ether oxygens (including phenoxy) is 2. The lowest BCUT2D eigenvalue weighted by Crippen LogP contribution is -2.46. The van der Waals surface area contributed by atoms with E-state index in [1.807, 2.05) is 6.92 Å². The summed E-state index contributed by atoms with van der Waals surface area (Å²) in [5.41, 5.74) is 0.810. The molecule has 1 unspecified atom stereocenters. The zero-order valence-corrected chi connectivity index (χ0v) is 12.4. The third kappa shape index (κ3) is 3.01. The molecule has 0 amide bonds. The Morgan fingerprint density at radius 1 is 1.29 bits per heavy atom. The molecule has 0 radical (unpaired) electrons. The van der Waals surface area contributed by atoms with Crippen molar-refractivity contribution in [3.63, 3.8) is 0 Å². The fraction of sp³-hybridized carbons (Fsp3) is 0.588. The van der Waals surface area contributed by atoms with E-state index in [4.69, 9.17) is 9.47 Å². The maximum Gasteiger partial charge on any atom is 0.169 e. The Morgan fingerprint density at radius 3 is 2.76 bits per heavy atom. The van der Waals surface area contributed by atoms with Crippen LogP contribution in [0.3, 0.4) is 0 Å². The third-order valence-electron chi connectivity index (χ3n) is 4.66. The van der Waals surface area contributed by atoms with Crippen molar-refractivity contribution < 1.29 is 18.7 Å². The summed E-state index contributed by atoms with van der Waals surface area (Å²) in [5, 5.41) is 0. The van der Waals surface area contributed by atoms with E-state index in [2.05, 4.69) is 0 Å². The molecule has 3 rings (SSSR count). The normalized spacial score (nSPS) is 25.0. The van der Waals surface area contributed by atoms with Crippen molar-refractivity contribution in [2.45, 2.75) is 38.2 Å². The Morgan fingerprint density at radius 2 is 2.05 bits per heavy atom. The molecule has 4 heteroatoms. The van der Waals surface area contributed by atoms with Crippen LogP contribution in [0.4, 0.5) is 4.39 Å². The summed E-state index contributed by atoms with van der Waals surface area (Å²) in [6, 6.07) is 4.83. The highest BCUT2D eigenvalue weighted by molar-refractivity contribution is 5.98. The van der Waals surface area contributed by atoms with Gasteiger partial charge in [0.05, 0.1) is 11.2 Å². The molecule has 0 aromatic heterocycles. The zero-order valence-electron chi connectivity index (χ0n) is 12.4. The molecule has 2 saturated heterocycles. The predicted molar refractivity (Wildman–Crippen MR) is 76.9 cm³/mol. The quantitative estimate of drug-likeness (QED) is 0.785. The second-order valence-electron chi connectivity index (χ2n) is 6.18. The molecule has 114 valence electrons. The van der Waals surface area contributed by atoms with E-state index < -0.39 is 5.82 Å². The van der Waals surface area contributed by atoms with Crippen LogP contribution in [-0.2, 0) is 9.47 Å². The summed E-state index contributed by atoms with van der Waals surface area (Å²) >= 11 is 0. The molecule has 0 saturated carbocycles. The lowest BCUT2D eigenvalue weighted by Gasteiger charge is -2.42. The maximum atomic E-state index is 14.0. The predicted octanol–water partition coefficient (Wildman–Crippen LogP) is 3.29. The highest BCUT2D eigenvalue weighted by Crippen LogP contribution is 2.38. The van der Waals surface area contributed by atoms with E-state index in [1.54, 1.807) is 12.1 Å². The Bertz CT molecular complexity index is 529. The van der Waals surface area contributed by atoms with Crippen molar-refractivity contribution in [3.8, 4) is 0 Å². The minimum absolute atomic E-state index is 0.0818. The number of ketones is 1. The van der Waals surface area contributed by atoms with Crippen LogP contribution in [0.5, 0.6) is 0 Å². The number of halogens is 1. The van der Waals surface area contributed by atoms with Crippen molar-refractivity contribution in [3.05, 3.63) is 35.1 Å². The molecule has 2 aliphatic heterocycles. The number of carbonyl (C=O) groups excluding carboxylic acids is 1. The molecule has 1 spiro atoms. The number of Topliss-reactive ketones (excluding diaryl/α,β-unsaturated/α-hetero) is 1. The number of aryl methyl sites for hydroxylation is 1. The molecule has 21 heavy (non-hydrogen) atoms. The van der Waals surface area contributed by atoms with Gasteiger partial charge in [-0.1, -0.05) is 6.07 Å². The van der Waals surface area contributed by atoms with Crippen molar-refractivity contribution >= 4 is 5.78 Å². The van der Waals surface area contributed by atoms with E-state index in [9.17, 15) is 9.18 Å². The van der Waals surface area contributed by atoms with Crippen molar-refractivity contribution in [2.24, 2.45) is 5.92 Å². The highest BCUT2D eigenvalue weighted by atomic mass is 19.1. The van der Waals surface area contributed by atoms with Crippen molar-refractivity contribution in [1.29, 1.82) is 0 Å². The Labute approximate surface area is 124 Å². The SMILES string of the molecule is Cc1ccc(C(=O)C2CCOC3(CCOCC3)C2)c(F)c1. The number of carbonyl (C=O) groups is 1. The van der Waals surface area contributed by atoms with Gasteiger partial charge in [0.2, 0.25) is 0 Å². The minimum atomic E-state index is -0.410. The molecule has 3 nitrogen and oxygen atoms in total. The van der Waals surface area contributed by atoms with Gasteiger partial charge in [0, 0.05) is 25.7 Å². The molecule has 0 bridgehead atoms. The van der Waals surface area contributed by atoms with Crippen molar-refractivity contribution in [1.82, 2.24) is 0 Å². The van der Waals surface area contributed by atoms with Gasteiger partial charge in [-0.3, -0.25) is 4.79 Å². The first-order valence-electron chi connectivity index (χ1n) is 7.62. The van der Waals surface area contributed by atoms with Gasteiger partial charge in [0.1, 0.15) is 5.82 Å². The van der Waals surface area contributed by atoms with Crippen molar-refractivity contribution in [2.75, 3.05) is 19.8 Å². The van der Waals surface area contributed by atoms with Crippen LogP contribution in [-0.4, -0.2) is 31.2 Å². The minimum Gasteiger partial charge on any atom is -0.381 e. The average Bonchev–Trinajstić information content (AvgIpc) is 2.47. The van der Waals surface area contributed by atoms with Crippen LogP contribution >= 0.6 is 0 Å². The van der Waals surface area contributed by atoms with Gasteiger partial charge in [-0.05, 0) is 50.3 Å². The largest absolute Gasteiger partial charge is 0.381 e. The first-order valence-corrected chi connectivity index (χ1v) is 7.62. The molecule has 2 heterocycles. The fourth-order valence-electron chi connectivity index (χ4n) is 3.38. The molecule has 2 fully saturated rings. The highest BCUT2D eigenvalue weighted by Gasteiger charge is 2.41. The van der Waals surface area contributed by atoms with Gasteiger partial charge in [0.25, 0.3) is 0 Å². The van der Waals surface area contributed by atoms with Crippen LogP contribution < -0.4 is 0 Å². The molecule has 1 aromatic rings. The lowest BCUT2D eigenvalue weighted by molar-refractivity contribution is -0.142.